The van der Waals surface area contributed by atoms with Crippen molar-refractivity contribution in [2.45, 2.75) is 25.3 Å². The molecule has 5 heteroatoms. The van der Waals surface area contributed by atoms with Crippen molar-refractivity contribution in [3.63, 3.8) is 0 Å². The van der Waals surface area contributed by atoms with Gasteiger partial charge in [0.25, 0.3) is 5.56 Å². The van der Waals surface area contributed by atoms with Gasteiger partial charge in [-0.15, -0.1) is 0 Å². The molecule has 0 amide bonds. The van der Waals surface area contributed by atoms with Crippen LogP contribution >= 0.6 is 0 Å². The molecule has 0 unspecified atom stereocenters. The lowest BCUT2D eigenvalue weighted by atomic mass is 10.1. The zero-order valence-corrected chi connectivity index (χ0v) is 8.85. The molecule has 3 atom stereocenters. The van der Waals surface area contributed by atoms with Gasteiger partial charge in [0.05, 0.1) is 0 Å². The Bertz CT molecular complexity index is 533. The minimum atomic E-state index is -0.358. The molecule has 0 bridgehead atoms. The van der Waals surface area contributed by atoms with Gasteiger partial charge in [0.1, 0.15) is 0 Å². The Labute approximate surface area is 91.7 Å². The first kappa shape index (κ1) is 9.84. The number of nitrogens with zero attached hydrogens (tertiary/aromatic N) is 1. The minimum absolute atomic E-state index is 0.0697. The topological polar surface area (TPSA) is 75.1 Å². The fourth-order valence-electron chi connectivity index (χ4n) is 3.13. The van der Waals surface area contributed by atoms with E-state index in [1.165, 1.54) is 6.07 Å². The highest BCUT2D eigenvalue weighted by Gasteiger charge is 2.61. The van der Waals surface area contributed by atoms with E-state index in [9.17, 15) is 14.7 Å². The number of nitrogens with one attached hydrogen (secondary N) is 1. The van der Waals surface area contributed by atoms with E-state index in [0.29, 0.717) is 5.92 Å². The van der Waals surface area contributed by atoms with Crippen molar-refractivity contribution in [3.8, 4) is 0 Å². The first-order chi connectivity index (χ1) is 7.66. The van der Waals surface area contributed by atoms with E-state index in [4.69, 9.17) is 0 Å². The predicted octanol–water partition coefficient (Wildman–Crippen LogP) is -0.130. The van der Waals surface area contributed by atoms with Crippen molar-refractivity contribution in [1.29, 1.82) is 0 Å². The van der Waals surface area contributed by atoms with Crippen LogP contribution in [0.15, 0.2) is 21.9 Å². The smallest absolute Gasteiger partial charge is 0.328 e. The molecule has 86 valence electrons. The summed E-state index contributed by atoms with van der Waals surface area (Å²) >= 11 is 0. The molecule has 1 aromatic heterocycles. The van der Waals surface area contributed by atoms with Gasteiger partial charge in [-0.2, -0.15) is 0 Å². The molecule has 0 aromatic carbocycles. The zero-order valence-electron chi connectivity index (χ0n) is 8.85. The van der Waals surface area contributed by atoms with Crippen molar-refractivity contribution in [1.82, 2.24) is 9.55 Å². The van der Waals surface area contributed by atoms with Crippen LogP contribution in [0.25, 0.3) is 0 Å². The maximum absolute atomic E-state index is 11.6. The molecule has 1 heterocycles. The van der Waals surface area contributed by atoms with E-state index in [0.717, 1.165) is 19.3 Å². The second-order valence-corrected chi connectivity index (χ2v) is 4.95. The number of H-pyrrole nitrogens is 1. The molecule has 0 spiro atoms. The highest BCUT2D eigenvalue weighted by Crippen LogP contribution is 2.66. The third kappa shape index (κ3) is 1.21. The summed E-state index contributed by atoms with van der Waals surface area (Å²) in [6.45, 7) is 0.215. The summed E-state index contributed by atoms with van der Waals surface area (Å²) in [5, 5.41) is 9.30. The molecule has 1 aromatic rings. The standard InChI is InChI=1S/C11H14N2O3/c14-6-11-3-1-8(7(11)5-11)13-4-2-9(15)12-10(13)16/h2,4,7-8,14H,1,3,5-6H2,(H,12,15,16)/t7-,8+,11-/m1/s1. The number of aromatic nitrogens is 2. The zero-order chi connectivity index (χ0) is 11.3. The quantitative estimate of drug-likeness (QED) is 0.732. The molecule has 0 saturated heterocycles. The summed E-state index contributed by atoms with van der Waals surface area (Å²) < 4.78 is 1.61. The number of hydrogen-bond donors (Lipinski definition) is 2. The Kier molecular flexibility index (Phi) is 1.89. The van der Waals surface area contributed by atoms with Crippen molar-refractivity contribution < 1.29 is 5.11 Å². The SMILES string of the molecule is O=c1ccn([C@H]2CC[C@]3(CO)C[C@H]23)c(=O)[nH]1. The van der Waals surface area contributed by atoms with Gasteiger partial charge in [-0.3, -0.25) is 14.3 Å². The van der Waals surface area contributed by atoms with Gasteiger partial charge in [0.2, 0.25) is 0 Å². The summed E-state index contributed by atoms with van der Waals surface area (Å²) in [6, 6.07) is 1.53. The van der Waals surface area contributed by atoms with Gasteiger partial charge in [0, 0.05) is 24.9 Å². The Morgan fingerprint density at radius 3 is 2.94 bits per heavy atom. The maximum atomic E-state index is 11.6. The Hall–Kier alpha value is -1.36. The van der Waals surface area contributed by atoms with Crippen LogP contribution in [0, 0.1) is 11.3 Å². The molecule has 0 aliphatic heterocycles. The van der Waals surface area contributed by atoms with Crippen LogP contribution in [-0.4, -0.2) is 21.3 Å². The Morgan fingerprint density at radius 1 is 1.56 bits per heavy atom. The first-order valence-corrected chi connectivity index (χ1v) is 5.59. The predicted molar refractivity (Wildman–Crippen MR) is 57.2 cm³/mol. The minimum Gasteiger partial charge on any atom is -0.396 e. The molecule has 2 aliphatic carbocycles. The van der Waals surface area contributed by atoms with Crippen molar-refractivity contribution in [3.05, 3.63) is 33.1 Å². The van der Waals surface area contributed by atoms with Crippen LogP contribution in [0.5, 0.6) is 0 Å². The van der Waals surface area contributed by atoms with E-state index in [-0.39, 0.29) is 29.3 Å². The average molecular weight is 222 g/mol. The van der Waals surface area contributed by atoms with E-state index in [1.54, 1.807) is 10.8 Å². The fourth-order valence-corrected chi connectivity index (χ4v) is 3.13. The molecule has 16 heavy (non-hydrogen) atoms. The monoisotopic (exact) mass is 222 g/mol. The third-order valence-electron chi connectivity index (χ3n) is 4.18. The maximum Gasteiger partial charge on any atom is 0.328 e. The van der Waals surface area contributed by atoms with Crippen LogP contribution in [0.1, 0.15) is 25.3 Å². The second-order valence-electron chi connectivity index (χ2n) is 4.95. The van der Waals surface area contributed by atoms with E-state index >= 15 is 0 Å². The number of aliphatic hydroxyl groups excluding tert-OH is 1. The molecular formula is C11H14N2O3. The van der Waals surface area contributed by atoms with Gasteiger partial charge in [0.15, 0.2) is 0 Å². The molecule has 2 fully saturated rings. The molecule has 5 nitrogen and oxygen atoms in total. The van der Waals surface area contributed by atoms with Crippen LogP contribution in [0.2, 0.25) is 0 Å². The highest BCUT2D eigenvalue weighted by atomic mass is 16.3. The number of hydrogen-bond acceptors (Lipinski definition) is 3. The van der Waals surface area contributed by atoms with Crippen molar-refractivity contribution in [2.75, 3.05) is 6.61 Å². The molecule has 2 aliphatic rings. The van der Waals surface area contributed by atoms with Gasteiger partial charge >= 0.3 is 5.69 Å². The number of aliphatic hydroxyl groups is 1. The lowest BCUT2D eigenvalue weighted by Crippen LogP contribution is -2.31. The summed E-state index contributed by atoms with van der Waals surface area (Å²) in [4.78, 5) is 24.9. The lowest BCUT2D eigenvalue weighted by molar-refractivity contribution is 0.205. The van der Waals surface area contributed by atoms with Crippen LogP contribution in [0.3, 0.4) is 0 Å². The number of rotatable bonds is 2. The molecule has 2 saturated carbocycles. The van der Waals surface area contributed by atoms with Crippen molar-refractivity contribution >= 4 is 0 Å². The summed E-state index contributed by atoms with van der Waals surface area (Å²) in [7, 11) is 0. The van der Waals surface area contributed by atoms with Gasteiger partial charge < -0.3 is 5.11 Å². The lowest BCUT2D eigenvalue weighted by Gasteiger charge is -2.13. The Balaban J connectivity index is 1.95. The number of aromatic amines is 1. The first-order valence-electron chi connectivity index (χ1n) is 5.59. The van der Waals surface area contributed by atoms with E-state index < -0.39 is 0 Å². The van der Waals surface area contributed by atoms with Crippen LogP contribution in [-0.2, 0) is 0 Å². The van der Waals surface area contributed by atoms with Gasteiger partial charge in [-0.05, 0) is 30.6 Å². The Morgan fingerprint density at radius 2 is 2.38 bits per heavy atom. The van der Waals surface area contributed by atoms with Crippen LogP contribution in [0.4, 0.5) is 0 Å². The summed E-state index contributed by atoms with van der Waals surface area (Å²) in [6.07, 6.45) is 4.46. The summed E-state index contributed by atoms with van der Waals surface area (Å²) in [5.41, 5.74) is -0.623. The second kappa shape index (κ2) is 3.07. The highest BCUT2D eigenvalue weighted by molar-refractivity contribution is 5.12. The fraction of sp³-hybridized carbons (Fsp3) is 0.636. The molecule has 0 radical (unpaired) electrons. The molecule has 2 N–H and O–H groups in total. The van der Waals surface area contributed by atoms with Gasteiger partial charge in [-0.1, -0.05) is 0 Å². The largest absolute Gasteiger partial charge is 0.396 e. The molecule has 3 rings (SSSR count). The van der Waals surface area contributed by atoms with Crippen LogP contribution < -0.4 is 11.2 Å². The van der Waals surface area contributed by atoms with E-state index in [2.05, 4.69) is 4.98 Å². The van der Waals surface area contributed by atoms with Gasteiger partial charge in [-0.25, -0.2) is 4.79 Å². The third-order valence-corrected chi connectivity index (χ3v) is 4.18. The van der Waals surface area contributed by atoms with Crippen molar-refractivity contribution in [2.24, 2.45) is 11.3 Å². The number of fused-ring (bicyclic) bond motifs is 1. The average Bonchev–Trinajstić information content (AvgIpc) is 2.88. The van der Waals surface area contributed by atoms with E-state index in [1.807, 2.05) is 0 Å². The summed E-state index contributed by atoms with van der Waals surface area (Å²) in [5.74, 6) is 0.404. The normalized spacial score (nSPS) is 36.1. The molecular weight excluding hydrogens is 208 g/mol.